The summed E-state index contributed by atoms with van der Waals surface area (Å²) in [6.07, 6.45) is 0. The minimum atomic E-state index is 0.651. The van der Waals surface area contributed by atoms with Crippen molar-refractivity contribution in [3.8, 4) is 22.9 Å². The van der Waals surface area contributed by atoms with Gasteiger partial charge in [-0.15, -0.1) is 22.7 Å². The number of rotatable bonds is 3. The minimum Gasteiger partial charge on any atom is -0.307 e. The van der Waals surface area contributed by atoms with E-state index in [2.05, 4.69) is 191 Å². The molecule has 0 atom stereocenters. The average molecular weight is 799 g/mol. The summed E-state index contributed by atoms with van der Waals surface area (Å²) < 4.78 is 10.2. The second kappa shape index (κ2) is 12.1. The van der Waals surface area contributed by atoms with Crippen molar-refractivity contribution in [2.24, 2.45) is 0 Å². The molecule has 0 saturated heterocycles. The highest BCUT2D eigenvalue weighted by Crippen LogP contribution is 2.56. The Balaban J connectivity index is 1.35. The third-order valence-electron chi connectivity index (χ3n) is 12.5. The van der Waals surface area contributed by atoms with Crippen LogP contribution in [0.1, 0.15) is 0 Å². The molecule has 0 fully saturated rings. The maximum absolute atomic E-state index is 5.59. The maximum atomic E-state index is 5.59. The molecule has 4 nitrogen and oxygen atoms in total. The second-order valence-corrected chi connectivity index (χ2v) is 17.7. The van der Waals surface area contributed by atoms with Gasteiger partial charge in [0.05, 0.1) is 42.7 Å². The Bertz CT molecular complexity index is 4120. The van der Waals surface area contributed by atoms with Crippen molar-refractivity contribution in [3.05, 3.63) is 182 Å². The fourth-order valence-electron chi connectivity index (χ4n) is 10.1. The number of para-hydroxylation sites is 4. The van der Waals surface area contributed by atoms with Crippen LogP contribution in [0.2, 0.25) is 0 Å². The van der Waals surface area contributed by atoms with E-state index in [1.165, 1.54) is 72.7 Å². The fourth-order valence-corrected chi connectivity index (χ4v) is 12.7. The van der Waals surface area contributed by atoms with E-state index < -0.39 is 0 Å². The van der Waals surface area contributed by atoms with Crippen LogP contribution in [-0.2, 0) is 0 Å². The quantitative estimate of drug-likeness (QED) is 0.178. The Hall–Kier alpha value is -7.38. The Morgan fingerprint density at radius 2 is 0.817 bits per heavy atom. The molecule has 5 heterocycles. The van der Waals surface area contributed by atoms with Gasteiger partial charge in [0, 0.05) is 79.9 Å². The first-order valence-electron chi connectivity index (χ1n) is 20.3. The molecule has 14 aromatic rings. The summed E-state index contributed by atoms with van der Waals surface area (Å²) in [6, 6.07) is 65.7. The lowest BCUT2D eigenvalue weighted by Gasteiger charge is -2.15. The Morgan fingerprint density at radius 3 is 1.43 bits per heavy atom. The zero-order valence-corrected chi connectivity index (χ0v) is 33.6. The molecule has 5 aromatic heterocycles. The number of benzene rings is 9. The Kier molecular flexibility index (Phi) is 6.56. The molecule has 0 aliphatic rings. The summed E-state index contributed by atoms with van der Waals surface area (Å²) in [5.74, 6) is 0.651. The third kappa shape index (κ3) is 4.23. The van der Waals surface area contributed by atoms with E-state index in [0.717, 1.165) is 49.9 Å². The van der Waals surface area contributed by atoms with Gasteiger partial charge in [0.1, 0.15) is 0 Å². The lowest BCUT2D eigenvalue weighted by Crippen LogP contribution is -2.05. The molecule has 0 aliphatic heterocycles. The van der Waals surface area contributed by atoms with E-state index in [0.29, 0.717) is 5.95 Å². The van der Waals surface area contributed by atoms with E-state index in [-0.39, 0.29) is 0 Å². The van der Waals surface area contributed by atoms with Gasteiger partial charge in [-0.2, -0.15) is 0 Å². The van der Waals surface area contributed by atoms with Crippen LogP contribution in [0.15, 0.2) is 182 Å². The molecule has 0 aliphatic carbocycles. The molecule has 0 saturated carbocycles. The smallest absolute Gasteiger partial charge is 0.235 e. The average Bonchev–Trinajstić information content (AvgIpc) is 4.07. The molecule has 9 aromatic carbocycles. The van der Waals surface area contributed by atoms with Gasteiger partial charge in [0.25, 0.3) is 0 Å². The molecular weight excluding hydrogens is 769 g/mol. The summed E-state index contributed by atoms with van der Waals surface area (Å²) in [6.45, 7) is 0. The summed E-state index contributed by atoms with van der Waals surface area (Å²) in [5.41, 5.74) is 8.48. The highest BCUT2D eigenvalue weighted by molar-refractivity contribution is 7.34. The summed E-state index contributed by atoms with van der Waals surface area (Å²) in [5, 5.41) is 13.7. The van der Waals surface area contributed by atoms with Crippen molar-refractivity contribution in [2.45, 2.75) is 0 Å². The molecule has 0 N–H and O–H groups in total. The summed E-state index contributed by atoms with van der Waals surface area (Å²) in [4.78, 5) is 11.1. The predicted octanol–water partition coefficient (Wildman–Crippen LogP) is 15.4. The Labute approximate surface area is 350 Å². The van der Waals surface area contributed by atoms with Gasteiger partial charge in [-0.05, 0) is 42.5 Å². The van der Waals surface area contributed by atoms with Crippen molar-refractivity contribution in [2.75, 3.05) is 0 Å². The van der Waals surface area contributed by atoms with Crippen LogP contribution >= 0.6 is 22.7 Å². The van der Waals surface area contributed by atoms with E-state index >= 15 is 0 Å². The van der Waals surface area contributed by atoms with Gasteiger partial charge in [-0.1, -0.05) is 140 Å². The molecule has 0 spiro atoms. The lowest BCUT2D eigenvalue weighted by molar-refractivity contribution is 1.01. The normalized spacial score (nSPS) is 12.3. The van der Waals surface area contributed by atoms with Crippen molar-refractivity contribution in [1.29, 1.82) is 0 Å². The van der Waals surface area contributed by atoms with Crippen LogP contribution in [0.3, 0.4) is 0 Å². The van der Waals surface area contributed by atoms with Crippen molar-refractivity contribution < 1.29 is 0 Å². The SMILES string of the molecule is c1ccc(-c2nc(-n3c4ccccc4c4c5c6c7ccccc7sc6c6sc7ccccc7c6c5c5c6ccccc6n(-c6ccccc6)c5c43)nc3ccccc23)cc1. The van der Waals surface area contributed by atoms with Crippen LogP contribution in [0.4, 0.5) is 0 Å². The summed E-state index contributed by atoms with van der Waals surface area (Å²) in [7, 11) is 0. The zero-order chi connectivity index (χ0) is 39.1. The molecule has 278 valence electrons. The molecule has 0 unspecified atom stereocenters. The van der Waals surface area contributed by atoms with Gasteiger partial charge in [-0.3, -0.25) is 4.57 Å². The van der Waals surface area contributed by atoms with Crippen molar-refractivity contribution >= 4 is 128 Å². The van der Waals surface area contributed by atoms with Crippen LogP contribution in [-0.4, -0.2) is 19.1 Å². The lowest BCUT2D eigenvalue weighted by atomic mass is 9.92. The number of fused-ring (bicyclic) bond motifs is 20. The fraction of sp³-hybridized carbons (Fsp3) is 0. The van der Waals surface area contributed by atoms with Crippen LogP contribution < -0.4 is 0 Å². The predicted molar refractivity (Wildman–Crippen MR) is 257 cm³/mol. The first kappa shape index (κ1) is 32.6. The highest BCUT2D eigenvalue weighted by Gasteiger charge is 2.30. The van der Waals surface area contributed by atoms with E-state index in [9.17, 15) is 0 Å². The molecule has 0 bridgehead atoms. The molecule has 60 heavy (non-hydrogen) atoms. The monoisotopic (exact) mass is 798 g/mol. The molecule has 6 heteroatoms. The first-order valence-corrected chi connectivity index (χ1v) is 21.9. The Morgan fingerprint density at radius 1 is 0.350 bits per heavy atom. The summed E-state index contributed by atoms with van der Waals surface area (Å²) >= 11 is 3.85. The zero-order valence-electron chi connectivity index (χ0n) is 31.9. The largest absolute Gasteiger partial charge is 0.307 e. The van der Waals surface area contributed by atoms with Gasteiger partial charge in [0.15, 0.2) is 0 Å². The van der Waals surface area contributed by atoms with Gasteiger partial charge < -0.3 is 4.57 Å². The molecular formula is C54H30N4S2. The molecule has 14 rings (SSSR count). The second-order valence-electron chi connectivity index (χ2n) is 15.6. The number of nitrogens with zero attached hydrogens (tertiary/aromatic N) is 4. The number of hydrogen-bond donors (Lipinski definition) is 0. The van der Waals surface area contributed by atoms with Crippen molar-refractivity contribution in [3.63, 3.8) is 0 Å². The number of aromatic nitrogens is 4. The van der Waals surface area contributed by atoms with Crippen LogP contribution in [0.25, 0.3) is 129 Å². The minimum absolute atomic E-state index is 0.651. The molecule has 0 radical (unpaired) electrons. The van der Waals surface area contributed by atoms with Crippen LogP contribution in [0, 0.1) is 0 Å². The van der Waals surface area contributed by atoms with E-state index in [4.69, 9.17) is 9.97 Å². The standard InChI is InChI=1S/C54H30N4S2/c1-3-17-31(18-4-1)49-33-21-7-12-26-38(33)55-54(56-49)58-40-28-14-9-23-35(40)44-48-46-37-25-11-16-30-42(37)60-53(46)52-45(36-24-10-15-29-41(36)59-52)47(48)43-34-22-8-13-27-39(34)57(50(43)51(44)58)32-19-5-2-6-20-32/h1-30H. The topological polar surface area (TPSA) is 35.6 Å². The van der Waals surface area contributed by atoms with E-state index in [1.54, 1.807) is 0 Å². The van der Waals surface area contributed by atoms with Crippen molar-refractivity contribution in [1.82, 2.24) is 19.1 Å². The highest BCUT2D eigenvalue weighted by atomic mass is 32.1. The van der Waals surface area contributed by atoms with Gasteiger partial charge >= 0.3 is 0 Å². The van der Waals surface area contributed by atoms with Gasteiger partial charge in [0.2, 0.25) is 5.95 Å². The first-order chi connectivity index (χ1) is 29.8. The molecule has 0 amide bonds. The van der Waals surface area contributed by atoms with Gasteiger partial charge in [-0.25, -0.2) is 9.97 Å². The maximum Gasteiger partial charge on any atom is 0.235 e. The number of hydrogen-bond acceptors (Lipinski definition) is 4. The third-order valence-corrected chi connectivity index (χ3v) is 15.0. The number of thiophene rings is 2. The van der Waals surface area contributed by atoms with E-state index in [1.807, 2.05) is 22.7 Å². The van der Waals surface area contributed by atoms with Crippen LogP contribution in [0.5, 0.6) is 0 Å².